The molecule has 0 spiro atoms. The number of thiophene rings is 1. The minimum Gasteiger partial charge on any atom is -0.355 e. The van der Waals surface area contributed by atoms with E-state index in [2.05, 4.69) is 22.5 Å². The van der Waals surface area contributed by atoms with E-state index in [1.165, 1.54) is 39.9 Å². The molecule has 1 aromatic heterocycles. The standard InChI is InChI=1S/C29H36N4O4S2/c1-5-16-32-17-15-24-25(19-32)38-29(26(24)28(35)30-4)31-27(34)22-11-13-23(14-12-22)39(36,37)33(20(2)3)18-21-9-7-6-8-10-21/h6-14,20H,5,15-19H2,1-4H3,(H,30,35)(H,31,34). The van der Waals surface area contributed by atoms with E-state index in [4.69, 9.17) is 0 Å². The van der Waals surface area contributed by atoms with Crippen molar-refractivity contribution in [2.24, 2.45) is 0 Å². The highest BCUT2D eigenvalue weighted by Gasteiger charge is 2.29. The van der Waals surface area contributed by atoms with Crippen molar-refractivity contribution in [1.82, 2.24) is 14.5 Å². The number of fused-ring (bicyclic) bond motifs is 1. The molecule has 0 aliphatic carbocycles. The van der Waals surface area contributed by atoms with Crippen LogP contribution in [0.3, 0.4) is 0 Å². The molecule has 10 heteroatoms. The molecule has 1 aliphatic heterocycles. The first-order valence-electron chi connectivity index (χ1n) is 13.2. The lowest BCUT2D eigenvalue weighted by Gasteiger charge is -2.26. The fourth-order valence-electron chi connectivity index (χ4n) is 4.81. The molecule has 2 heterocycles. The zero-order valence-electron chi connectivity index (χ0n) is 22.9. The molecule has 0 atom stereocenters. The zero-order chi connectivity index (χ0) is 28.2. The maximum Gasteiger partial charge on any atom is 0.256 e. The predicted molar refractivity (Wildman–Crippen MR) is 156 cm³/mol. The molecule has 39 heavy (non-hydrogen) atoms. The second-order valence-electron chi connectivity index (χ2n) is 9.92. The fraction of sp³-hybridized carbons (Fsp3) is 0.379. The smallest absolute Gasteiger partial charge is 0.256 e. The summed E-state index contributed by atoms with van der Waals surface area (Å²) in [6.45, 7) is 8.71. The zero-order valence-corrected chi connectivity index (χ0v) is 24.5. The number of amides is 2. The summed E-state index contributed by atoms with van der Waals surface area (Å²) in [5.41, 5.74) is 2.73. The summed E-state index contributed by atoms with van der Waals surface area (Å²) in [6, 6.07) is 15.2. The van der Waals surface area contributed by atoms with E-state index in [0.717, 1.165) is 48.5 Å². The predicted octanol–water partition coefficient (Wildman–Crippen LogP) is 4.73. The molecule has 208 valence electrons. The third-order valence-electron chi connectivity index (χ3n) is 6.84. The summed E-state index contributed by atoms with van der Waals surface area (Å²) >= 11 is 1.44. The Morgan fingerprint density at radius 2 is 1.74 bits per heavy atom. The van der Waals surface area contributed by atoms with Crippen molar-refractivity contribution in [3.8, 4) is 0 Å². The van der Waals surface area contributed by atoms with Crippen LogP contribution in [0.25, 0.3) is 0 Å². The lowest BCUT2D eigenvalue weighted by atomic mass is 10.0. The van der Waals surface area contributed by atoms with Crippen LogP contribution >= 0.6 is 11.3 Å². The van der Waals surface area contributed by atoms with E-state index >= 15 is 0 Å². The normalized spacial score (nSPS) is 13.9. The molecule has 1 aliphatic rings. The summed E-state index contributed by atoms with van der Waals surface area (Å²) in [6.07, 6.45) is 1.81. The van der Waals surface area contributed by atoms with Gasteiger partial charge in [0.15, 0.2) is 0 Å². The molecule has 4 rings (SSSR count). The first-order valence-corrected chi connectivity index (χ1v) is 15.5. The molecular formula is C29H36N4O4S2. The molecule has 0 saturated carbocycles. The number of carbonyl (C=O) groups is 2. The van der Waals surface area contributed by atoms with Crippen molar-refractivity contribution in [1.29, 1.82) is 0 Å². The average Bonchev–Trinajstić information content (AvgIpc) is 3.28. The van der Waals surface area contributed by atoms with Crippen LogP contribution in [-0.2, 0) is 29.5 Å². The minimum atomic E-state index is -3.79. The quantitative estimate of drug-likeness (QED) is 0.369. The summed E-state index contributed by atoms with van der Waals surface area (Å²) in [5.74, 6) is -0.613. The Bertz CT molecular complexity index is 1420. The van der Waals surface area contributed by atoms with Gasteiger partial charge in [0.05, 0.1) is 10.5 Å². The number of hydrogen-bond acceptors (Lipinski definition) is 6. The molecule has 0 saturated heterocycles. The number of anilines is 1. The Balaban J connectivity index is 1.55. The maximum absolute atomic E-state index is 13.5. The third-order valence-corrected chi connectivity index (χ3v) is 10.0. The number of carbonyl (C=O) groups excluding carboxylic acids is 2. The monoisotopic (exact) mass is 568 g/mol. The van der Waals surface area contributed by atoms with Crippen LogP contribution in [0.15, 0.2) is 59.5 Å². The van der Waals surface area contributed by atoms with Crippen LogP contribution in [0.4, 0.5) is 5.00 Å². The summed E-state index contributed by atoms with van der Waals surface area (Å²) in [5, 5.41) is 6.14. The topological polar surface area (TPSA) is 98.8 Å². The van der Waals surface area contributed by atoms with E-state index < -0.39 is 15.9 Å². The van der Waals surface area contributed by atoms with Crippen LogP contribution in [0.5, 0.6) is 0 Å². The third kappa shape index (κ3) is 6.41. The van der Waals surface area contributed by atoms with Gasteiger partial charge in [0.2, 0.25) is 10.0 Å². The second-order valence-corrected chi connectivity index (χ2v) is 12.9. The second kappa shape index (κ2) is 12.4. The van der Waals surface area contributed by atoms with Crippen molar-refractivity contribution in [3.05, 3.63) is 81.7 Å². The molecule has 3 aromatic rings. The molecule has 0 unspecified atom stereocenters. The van der Waals surface area contributed by atoms with Gasteiger partial charge in [-0.05, 0) is 68.6 Å². The molecule has 2 amide bonds. The lowest BCUT2D eigenvalue weighted by Crippen LogP contribution is -2.36. The van der Waals surface area contributed by atoms with Gasteiger partial charge in [-0.2, -0.15) is 4.31 Å². The van der Waals surface area contributed by atoms with E-state index in [0.29, 0.717) is 16.1 Å². The van der Waals surface area contributed by atoms with Gasteiger partial charge in [0.1, 0.15) is 5.00 Å². The molecule has 0 fully saturated rings. The Hall–Kier alpha value is -3.05. The van der Waals surface area contributed by atoms with Gasteiger partial charge in [-0.15, -0.1) is 11.3 Å². The summed E-state index contributed by atoms with van der Waals surface area (Å²) in [4.78, 5) is 29.5. The average molecular weight is 569 g/mol. The SMILES string of the molecule is CCCN1CCc2c(sc(NC(=O)c3ccc(S(=O)(=O)N(Cc4ccccc4)C(C)C)cc3)c2C(=O)NC)C1. The van der Waals surface area contributed by atoms with Gasteiger partial charge in [-0.25, -0.2) is 8.42 Å². The summed E-state index contributed by atoms with van der Waals surface area (Å²) < 4.78 is 28.4. The minimum absolute atomic E-state index is 0.123. The number of nitrogens with zero attached hydrogens (tertiary/aromatic N) is 2. The van der Waals surface area contributed by atoms with Gasteiger partial charge in [-0.1, -0.05) is 37.3 Å². The van der Waals surface area contributed by atoms with Crippen molar-refractivity contribution in [3.63, 3.8) is 0 Å². The van der Waals surface area contributed by atoms with E-state index in [-0.39, 0.29) is 23.4 Å². The van der Waals surface area contributed by atoms with Crippen molar-refractivity contribution in [2.75, 3.05) is 25.5 Å². The first kappa shape index (κ1) is 28.9. The lowest BCUT2D eigenvalue weighted by molar-refractivity contribution is 0.0962. The molecular weight excluding hydrogens is 532 g/mol. The Morgan fingerprint density at radius 1 is 1.05 bits per heavy atom. The number of nitrogens with one attached hydrogen (secondary N) is 2. The molecule has 0 bridgehead atoms. The van der Waals surface area contributed by atoms with Crippen molar-refractivity contribution >= 4 is 38.2 Å². The van der Waals surface area contributed by atoms with Gasteiger partial charge in [0.25, 0.3) is 11.8 Å². The van der Waals surface area contributed by atoms with Crippen LogP contribution in [0, 0.1) is 0 Å². The van der Waals surface area contributed by atoms with E-state index in [1.807, 2.05) is 44.2 Å². The Kier molecular flexibility index (Phi) is 9.22. The highest BCUT2D eigenvalue weighted by atomic mass is 32.2. The van der Waals surface area contributed by atoms with Crippen LogP contribution < -0.4 is 10.6 Å². The van der Waals surface area contributed by atoms with E-state index in [1.54, 1.807) is 7.05 Å². The number of hydrogen-bond donors (Lipinski definition) is 2. The molecule has 0 radical (unpaired) electrons. The van der Waals surface area contributed by atoms with E-state index in [9.17, 15) is 18.0 Å². The van der Waals surface area contributed by atoms with Crippen LogP contribution in [0.2, 0.25) is 0 Å². The van der Waals surface area contributed by atoms with Gasteiger partial charge in [0, 0.05) is 43.2 Å². The fourth-order valence-corrected chi connectivity index (χ4v) is 7.72. The van der Waals surface area contributed by atoms with Crippen molar-refractivity contribution < 1.29 is 18.0 Å². The largest absolute Gasteiger partial charge is 0.355 e. The first-order chi connectivity index (χ1) is 18.6. The molecule has 8 nitrogen and oxygen atoms in total. The highest BCUT2D eigenvalue weighted by molar-refractivity contribution is 7.89. The maximum atomic E-state index is 13.5. The van der Waals surface area contributed by atoms with Gasteiger partial charge in [-0.3, -0.25) is 14.5 Å². The molecule has 2 aromatic carbocycles. The van der Waals surface area contributed by atoms with Crippen molar-refractivity contribution in [2.45, 2.75) is 57.6 Å². The number of benzene rings is 2. The van der Waals surface area contributed by atoms with Gasteiger partial charge >= 0.3 is 0 Å². The Morgan fingerprint density at radius 3 is 2.36 bits per heavy atom. The number of rotatable bonds is 10. The van der Waals surface area contributed by atoms with Gasteiger partial charge < -0.3 is 10.6 Å². The summed E-state index contributed by atoms with van der Waals surface area (Å²) in [7, 11) is -2.20. The highest BCUT2D eigenvalue weighted by Crippen LogP contribution is 2.37. The van der Waals surface area contributed by atoms with Crippen LogP contribution in [-0.4, -0.2) is 55.6 Å². The number of sulfonamides is 1. The Labute approximate surface area is 235 Å². The molecule has 2 N–H and O–H groups in total. The van der Waals surface area contributed by atoms with Crippen LogP contribution in [0.1, 0.15) is 63.9 Å².